The van der Waals surface area contributed by atoms with Gasteiger partial charge in [-0.15, -0.1) is 0 Å². The predicted octanol–water partition coefficient (Wildman–Crippen LogP) is 2.72. The Morgan fingerprint density at radius 3 is 2.55 bits per heavy atom. The molecule has 3 aromatic rings. The summed E-state index contributed by atoms with van der Waals surface area (Å²) < 4.78 is 1.99. The highest BCUT2D eigenvalue weighted by molar-refractivity contribution is 5.78. The molecule has 0 radical (unpaired) electrons. The number of aliphatic hydroxyl groups is 1. The fraction of sp³-hybridized carbons (Fsp3) is 0.188. The molecule has 0 aliphatic heterocycles. The molecule has 102 valence electrons. The lowest BCUT2D eigenvalue weighted by molar-refractivity contribution is 0.191. The van der Waals surface area contributed by atoms with E-state index in [9.17, 15) is 5.11 Å². The van der Waals surface area contributed by atoms with E-state index in [1.54, 1.807) is 0 Å². The first-order valence-electron chi connectivity index (χ1n) is 6.64. The maximum Gasteiger partial charge on any atom is 0.203 e. The average Bonchev–Trinajstić information content (AvgIpc) is 2.83. The standard InChI is InChI=1S/C16H17N3O/c1-19-14-10-6-5-9-13(14)18-16(19)17-11-15(20)12-7-3-2-4-8-12/h2-10,15,20H,11H2,1H3,(H,17,18). The lowest BCUT2D eigenvalue weighted by atomic mass is 10.1. The highest BCUT2D eigenvalue weighted by atomic mass is 16.3. The molecule has 2 N–H and O–H groups in total. The highest BCUT2D eigenvalue weighted by Gasteiger charge is 2.10. The summed E-state index contributed by atoms with van der Waals surface area (Å²) >= 11 is 0. The third-order valence-corrected chi connectivity index (χ3v) is 3.43. The van der Waals surface area contributed by atoms with Crippen molar-refractivity contribution in [2.75, 3.05) is 11.9 Å². The molecule has 0 saturated heterocycles. The Bertz CT molecular complexity index is 706. The third-order valence-electron chi connectivity index (χ3n) is 3.43. The molecule has 20 heavy (non-hydrogen) atoms. The van der Waals surface area contributed by atoms with Gasteiger partial charge in [-0.3, -0.25) is 0 Å². The second-order valence-corrected chi connectivity index (χ2v) is 4.79. The summed E-state index contributed by atoms with van der Waals surface area (Å²) in [6.45, 7) is 0.432. The Hall–Kier alpha value is -2.33. The third kappa shape index (κ3) is 2.38. The molecule has 0 aliphatic rings. The SMILES string of the molecule is Cn1c(NCC(O)c2ccccc2)nc2ccccc21. The number of rotatable bonds is 4. The van der Waals surface area contributed by atoms with Crippen LogP contribution in [-0.4, -0.2) is 21.2 Å². The van der Waals surface area contributed by atoms with Crippen LogP contribution in [0.4, 0.5) is 5.95 Å². The van der Waals surface area contributed by atoms with Gasteiger partial charge in [-0.1, -0.05) is 42.5 Å². The fourth-order valence-corrected chi connectivity index (χ4v) is 2.28. The number of hydrogen-bond donors (Lipinski definition) is 2. The van der Waals surface area contributed by atoms with Crippen LogP contribution >= 0.6 is 0 Å². The van der Waals surface area contributed by atoms with Crippen LogP contribution in [0.1, 0.15) is 11.7 Å². The summed E-state index contributed by atoms with van der Waals surface area (Å²) in [5.74, 6) is 0.765. The van der Waals surface area contributed by atoms with Gasteiger partial charge < -0.3 is 15.0 Å². The lowest BCUT2D eigenvalue weighted by Gasteiger charge is -2.12. The molecule has 0 spiro atoms. The second-order valence-electron chi connectivity index (χ2n) is 4.79. The van der Waals surface area contributed by atoms with Gasteiger partial charge in [0.05, 0.1) is 17.1 Å². The van der Waals surface area contributed by atoms with Gasteiger partial charge in [-0.2, -0.15) is 0 Å². The summed E-state index contributed by atoms with van der Waals surface area (Å²) in [6, 6.07) is 17.6. The smallest absolute Gasteiger partial charge is 0.203 e. The Morgan fingerprint density at radius 1 is 1.10 bits per heavy atom. The molecule has 0 bridgehead atoms. The van der Waals surface area contributed by atoms with E-state index in [-0.39, 0.29) is 0 Å². The van der Waals surface area contributed by atoms with Crippen molar-refractivity contribution in [2.45, 2.75) is 6.10 Å². The molecular weight excluding hydrogens is 250 g/mol. The molecule has 0 aliphatic carbocycles. The van der Waals surface area contributed by atoms with Crippen LogP contribution in [0.25, 0.3) is 11.0 Å². The zero-order valence-electron chi connectivity index (χ0n) is 11.3. The van der Waals surface area contributed by atoms with E-state index >= 15 is 0 Å². The first-order chi connectivity index (χ1) is 9.75. The molecule has 4 heteroatoms. The van der Waals surface area contributed by atoms with E-state index in [1.807, 2.05) is 66.2 Å². The van der Waals surface area contributed by atoms with Crippen LogP contribution in [0.5, 0.6) is 0 Å². The molecule has 2 aromatic carbocycles. The van der Waals surface area contributed by atoms with Crippen LogP contribution in [0.15, 0.2) is 54.6 Å². The van der Waals surface area contributed by atoms with Gasteiger partial charge >= 0.3 is 0 Å². The number of para-hydroxylation sites is 2. The molecular formula is C16H17N3O. The predicted molar refractivity (Wildman–Crippen MR) is 80.6 cm³/mol. The molecule has 3 rings (SSSR count). The van der Waals surface area contributed by atoms with Gasteiger partial charge in [0.25, 0.3) is 0 Å². The number of imidazole rings is 1. The quantitative estimate of drug-likeness (QED) is 0.764. The topological polar surface area (TPSA) is 50.1 Å². The highest BCUT2D eigenvalue weighted by Crippen LogP contribution is 2.19. The molecule has 1 unspecified atom stereocenters. The van der Waals surface area contributed by atoms with Gasteiger partial charge in [0.1, 0.15) is 0 Å². The van der Waals surface area contributed by atoms with E-state index in [0.29, 0.717) is 6.54 Å². The molecule has 1 aromatic heterocycles. The summed E-state index contributed by atoms with van der Waals surface area (Å²) in [7, 11) is 1.96. The van der Waals surface area contributed by atoms with Crippen molar-refractivity contribution in [1.82, 2.24) is 9.55 Å². The largest absolute Gasteiger partial charge is 0.387 e. The van der Waals surface area contributed by atoms with Crippen LogP contribution in [0.3, 0.4) is 0 Å². The molecule has 4 nitrogen and oxygen atoms in total. The van der Waals surface area contributed by atoms with Gasteiger partial charge in [0.15, 0.2) is 0 Å². The minimum absolute atomic E-state index is 0.432. The molecule has 0 fully saturated rings. The van der Waals surface area contributed by atoms with E-state index in [1.165, 1.54) is 0 Å². The number of nitrogens with one attached hydrogen (secondary N) is 1. The fourth-order valence-electron chi connectivity index (χ4n) is 2.28. The van der Waals surface area contributed by atoms with Gasteiger partial charge in [-0.05, 0) is 17.7 Å². The maximum atomic E-state index is 10.1. The van der Waals surface area contributed by atoms with Gasteiger partial charge in [0, 0.05) is 13.6 Å². The zero-order chi connectivity index (χ0) is 13.9. The van der Waals surface area contributed by atoms with Crippen LogP contribution < -0.4 is 5.32 Å². The van der Waals surface area contributed by atoms with Crippen molar-refractivity contribution in [3.8, 4) is 0 Å². The zero-order valence-corrected chi connectivity index (χ0v) is 11.3. The molecule has 1 heterocycles. The first-order valence-corrected chi connectivity index (χ1v) is 6.64. The number of aryl methyl sites for hydroxylation is 1. The summed E-state index contributed by atoms with van der Waals surface area (Å²) in [4.78, 5) is 4.52. The monoisotopic (exact) mass is 267 g/mol. The normalized spacial score (nSPS) is 12.5. The van der Waals surface area contributed by atoms with E-state index in [4.69, 9.17) is 0 Å². The number of aliphatic hydroxyl groups excluding tert-OH is 1. The average molecular weight is 267 g/mol. The Kier molecular flexibility index (Phi) is 3.39. The van der Waals surface area contributed by atoms with Crippen molar-refractivity contribution in [1.29, 1.82) is 0 Å². The Morgan fingerprint density at radius 2 is 1.80 bits per heavy atom. The lowest BCUT2D eigenvalue weighted by Crippen LogP contribution is -2.14. The number of hydrogen-bond acceptors (Lipinski definition) is 3. The van der Waals surface area contributed by atoms with Gasteiger partial charge in [-0.25, -0.2) is 4.98 Å². The van der Waals surface area contributed by atoms with Crippen molar-refractivity contribution in [3.05, 3.63) is 60.2 Å². The van der Waals surface area contributed by atoms with Crippen molar-refractivity contribution in [3.63, 3.8) is 0 Å². The molecule has 0 amide bonds. The minimum Gasteiger partial charge on any atom is -0.387 e. The summed E-state index contributed by atoms with van der Waals surface area (Å²) in [6.07, 6.45) is -0.545. The Labute approximate surface area is 117 Å². The Balaban J connectivity index is 1.76. The van der Waals surface area contributed by atoms with E-state index < -0.39 is 6.10 Å². The van der Waals surface area contributed by atoms with Crippen molar-refractivity contribution < 1.29 is 5.11 Å². The van der Waals surface area contributed by atoms with E-state index in [0.717, 1.165) is 22.5 Å². The molecule has 1 atom stereocenters. The number of benzene rings is 2. The number of fused-ring (bicyclic) bond motifs is 1. The van der Waals surface area contributed by atoms with Gasteiger partial charge in [0.2, 0.25) is 5.95 Å². The van der Waals surface area contributed by atoms with Crippen LogP contribution in [-0.2, 0) is 7.05 Å². The summed E-state index contributed by atoms with van der Waals surface area (Å²) in [5.41, 5.74) is 2.93. The van der Waals surface area contributed by atoms with Crippen LogP contribution in [0.2, 0.25) is 0 Å². The number of nitrogens with zero attached hydrogens (tertiary/aromatic N) is 2. The first kappa shape index (κ1) is 12.7. The number of aromatic nitrogens is 2. The van der Waals surface area contributed by atoms with Crippen molar-refractivity contribution in [2.24, 2.45) is 7.05 Å². The van der Waals surface area contributed by atoms with E-state index in [2.05, 4.69) is 10.3 Å². The second kappa shape index (κ2) is 5.35. The van der Waals surface area contributed by atoms with Crippen molar-refractivity contribution >= 4 is 17.0 Å². The molecule has 0 saturated carbocycles. The van der Waals surface area contributed by atoms with Crippen LogP contribution in [0, 0.1) is 0 Å². The number of anilines is 1. The summed E-state index contributed by atoms with van der Waals surface area (Å²) in [5, 5.41) is 13.4. The minimum atomic E-state index is -0.545. The maximum absolute atomic E-state index is 10.1.